The molecule has 0 saturated heterocycles. The van der Waals surface area contributed by atoms with Crippen LogP contribution < -0.4 is 15.4 Å². The molecular weight excluding hydrogens is 503 g/mol. The standard InChI is InChI=1S/C26H29FN2O9/c27-14-2-1-3-16-4-8-18(9-5-16)25(36)38-19-10-6-17(7-11-19)15-21(24(34)35)29-26(37)28-20(23(32)33)12-13-22(30)31/h4-11,20-21H,1-3,12-15H2,(H,30,31)(H,32,33)(H,34,35)(H2,28,29,37)/t20-,21-/m0/s1. The molecule has 0 spiro atoms. The van der Waals surface area contributed by atoms with Crippen molar-refractivity contribution in [1.29, 1.82) is 0 Å². The first-order chi connectivity index (χ1) is 18.1. The van der Waals surface area contributed by atoms with Gasteiger partial charge >= 0.3 is 29.9 Å². The van der Waals surface area contributed by atoms with E-state index >= 15 is 0 Å². The summed E-state index contributed by atoms with van der Waals surface area (Å²) in [5.41, 5.74) is 1.79. The molecule has 0 bridgehead atoms. The van der Waals surface area contributed by atoms with E-state index in [0.29, 0.717) is 30.4 Å². The van der Waals surface area contributed by atoms with Crippen LogP contribution in [0.5, 0.6) is 5.75 Å². The van der Waals surface area contributed by atoms with Crippen LogP contribution in [0.3, 0.4) is 0 Å². The number of ether oxygens (including phenoxy) is 1. The summed E-state index contributed by atoms with van der Waals surface area (Å²) in [6, 6.07) is 8.74. The molecule has 2 rings (SSSR count). The van der Waals surface area contributed by atoms with Gasteiger partial charge in [-0.15, -0.1) is 0 Å². The Morgan fingerprint density at radius 3 is 1.92 bits per heavy atom. The van der Waals surface area contributed by atoms with Crippen LogP contribution in [0.4, 0.5) is 9.18 Å². The van der Waals surface area contributed by atoms with Crippen LogP contribution in [-0.4, -0.2) is 64.0 Å². The van der Waals surface area contributed by atoms with Crippen molar-refractivity contribution in [2.75, 3.05) is 6.67 Å². The molecule has 0 aliphatic rings. The van der Waals surface area contributed by atoms with Gasteiger partial charge in [0.2, 0.25) is 0 Å². The summed E-state index contributed by atoms with van der Waals surface area (Å²) in [5.74, 6) is -4.45. The lowest BCUT2D eigenvalue weighted by atomic mass is 10.1. The van der Waals surface area contributed by atoms with Gasteiger partial charge in [-0.3, -0.25) is 9.18 Å². The average Bonchev–Trinajstić information content (AvgIpc) is 2.87. The molecule has 11 nitrogen and oxygen atoms in total. The molecule has 0 unspecified atom stereocenters. The Labute approximate surface area is 217 Å². The zero-order valence-corrected chi connectivity index (χ0v) is 20.4. The van der Waals surface area contributed by atoms with Crippen molar-refractivity contribution in [3.8, 4) is 5.75 Å². The highest BCUT2D eigenvalue weighted by Crippen LogP contribution is 2.16. The zero-order valence-electron chi connectivity index (χ0n) is 20.4. The first-order valence-electron chi connectivity index (χ1n) is 11.8. The second-order valence-corrected chi connectivity index (χ2v) is 8.41. The second kappa shape index (κ2) is 14.9. The molecule has 38 heavy (non-hydrogen) atoms. The van der Waals surface area contributed by atoms with Gasteiger partial charge in [0.05, 0.1) is 12.2 Å². The number of benzene rings is 2. The lowest BCUT2D eigenvalue weighted by molar-refractivity contribution is -0.140. The minimum atomic E-state index is -1.51. The van der Waals surface area contributed by atoms with Gasteiger partial charge in [0.15, 0.2) is 0 Å². The van der Waals surface area contributed by atoms with Crippen molar-refractivity contribution in [2.24, 2.45) is 0 Å². The van der Waals surface area contributed by atoms with E-state index in [0.717, 1.165) is 5.56 Å². The summed E-state index contributed by atoms with van der Waals surface area (Å²) in [6.45, 7) is -0.366. The number of halogens is 1. The number of amides is 2. The maximum Gasteiger partial charge on any atom is 0.343 e. The molecule has 0 aliphatic heterocycles. The van der Waals surface area contributed by atoms with E-state index in [2.05, 4.69) is 10.6 Å². The van der Waals surface area contributed by atoms with Crippen LogP contribution in [0.1, 0.15) is 47.2 Å². The lowest BCUT2D eigenvalue weighted by Gasteiger charge is -2.18. The van der Waals surface area contributed by atoms with E-state index in [-0.39, 0.29) is 25.3 Å². The smallest absolute Gasteiger partial charge is 0.343 e. The van der Waals surface area contributed by atoms with Crippen LogP contribution in [0.25, 0.3) is 0 Å². The van der Waals surface area contributed by atoms with E-state index in [1.54, 1.807) is 24.3 Å². The summed E-state index contributed by atoms with van der Waals surface area (Å²) in [7, 11) is 0. The molecular formula is C26H29FN2O9. The number of nitrogens with one attached hydrogen (secondary N) is 2. The lowest BCUT2D eigenvalue weighted by Crippen LogP contribution is -2.51. The SMILES string of the molecule is O=C(O)CC[C@H](NC(=O)N[C@@H](Cc1ccc(OC(=O)c2ccc(CCCCF)cc2)cc1)C(=O)O)C(=O)O. The summed E-state index contributed by atoms with van der Waals surface area (Å²) < 4.78 is 17.6. The van der Waals surface area contributed by atoms with Crippen LogP contribution in [0.15, 0.2) is 48.5 Å². The normalized spacial score (nSPS) is 12.1. The highest BCUT2D eigenvalue weighted by Gasteiger charge is 2.25. The number of alkyl halides is 1. The largest absolute Gasteiger partial charge is 0.481 e. The number of carboxylic acid groups (broad SMARTS) is 3. The van der Waals surface area contributed by atoms with Gasteiger partial charge in [-0.1, -0.05) is 24.3 Å². The fourth-order valence-corrected chi connectivity index (χ4v) is 3.41. The van der Waals surface area contributed by atoms with E-state index in [4.69, 9.17) is 14.9 Å². The third kappa shape index (κ3) is 10.2. The number of urea groups is 1. The summed E-state index contributed by atoms with van der Waals surface area (Å²) in [6.07, 6.45) is 0.873. The molecule has 0 fully saturated rings. The van der Waals surface area contributed by atoms with Crippen molar-refractivity contribution >= 4 is 29.9 Å². The number of carbonyl (C=O) groups is 5. The quantitative estimate of drug-likeness (QED) is 0.131. The maximum atomic E-state index is 12.4. The minimum Gasteiger partial charge on any atom is -0.481 e. The van der Waals surface area contributed by atoms with E-state index in [1.165, 1.54) is 24.3 Å². The number of carboxylic acids is 3. The summed E-state index contributed by atoms with van der Waals surface area (Å²) in [5, 5.41) is 31.5. The molecule has 2 aromatic rings. The van der Waals surface area contributed by atoms with Crippen LogP contribution in [0.2, 0.25) is 0 Å². The van der Waals surface area contributed by atoms with Crippen molar-refractivity contribution in [3.63, 3.8) is 0 Å². The molecule has 2 atom stereocenters. The van der Waals surface area contributed by atoms with Crippen molar-refractivity contribution in [3.05, 3.63) is 65.2 Å². The predicted octanol–water partition coefficient (Wildman–Crippen LogP) is 2.81. The van der Waals surface area contributed by atoms with Gasteiger partial charge < -0.3 is 30.7 Å². The highest BCUT2D eigenvalue weighted by atomic mass is 19.1. The minimum absolute atomic E-state index is 0.159. The Kier molecular flexibility index (Phi) is 11.7. The Balaban J connectivity index is 1.93. The molecule has 5 N–H and O–H groups in total. The number of unbranched alkanes of at least 4 members (excludes halogenated alkanes) is 1. The first kappa shape index (κ1) is 29.7. The number of hydrogen-bond acceptors (Lipinski definition) is 6. The number of aryl methyl sites for hydroxylation is 1. The van der Waals surface area contributed by atoms with Crippen molar-refractivity contribution in [1.82, 2.24) is 10.6 Å². The average molecular weight is 533 g/mol. The van der Waals surface area contributed by atoms with Gasteiger partial charge in [0.1, 0.15) is 17.8 Å². The van der Waals surface area contributed by atoms with Gasteiger partial charge in [0.25, 0.3) is 0 Å². The maximum absolute atomic E-state index is 12.4. The van der Waals surface area contributed by atoms with Gasteiger partial charge in [-0.25, -0.2) is 19.2 Å². The van der Waals surface area contributed by atoms with Crippen LogP contribution in [-0.2, 0) is 27.2 Å². The monoisotopic (exact) mass is 532 g/mol. The Hall–Kier alpha value is -4.48. The molecule has 0 aromatic heterocycles. The first-order valence-corrected chi connectivity index (χ1v) is 11.8. The number of rotatable bonds is 15. The predicted molar refractivity (Wildman–Crippen MR) is 132 cm³/mol. The molecule has 2 aromatic carbocycles. The molecule has 2 amide bonds. The Morgan fingerprint density at radius 2 is 1.37 bits per heavy atom. The molecule has 0 radical (unpaired) electrons. The highest BCUT2D eigenvalue weighted by molar-refractivity contribution is 5.91. The fourth-order valence-electron chi connectivity index (χ4n) is 3.41. The number of esters is 1. The zero-order chi connectivity index (χ0) is 28.1. The molecule has 12 heteroatoms. The molecule has 0 saturated carbocycles. The van der Waals surface area contributed by atoms with Gasteiger partial charge in [-0.2, -0.15) is 0 Å². The van der Waals surface area contributed by atoms with E-state index in [1.807, 2.05) is 0 Å². The number of carbonyl (C=O) groups excluding carboxylic acids is 2. The third-order valence-corrected chi connectivity index (χ3v) is 5.47. The number of aliphatic carboxylic acids is 3. The topological polar surface area (TPSA) is 179 Å². The molecule has 204 valence electrons. The third-order valence-electron chi connectivity index (χ3n) is 5.47. The van der Waals surface area contributed by atoms with Crippen molar-refractivity contribution < 1.29 is 48.4 Å². The van der Waals surface area contributed by atoms with Crippen LogP contribution in [0, 0.1) is 0 Å². The Morgan fingerprint density at radius 1 is 0.789 bits per heavy atom. The Bertz CT molecular complexity index is 1120. The second-order valence-electron chi connectivity index (χ2n) is 8.41. The van der Waals surface area contributed by atoms with E-state index in [9.17, 15) is 33.5 Å². The molecule has 0 aliphatic carbocycles. The van der Waals surface area contributed by atoms with Gasteiger partial charge in [-0.05, 0) is 61.1 Å². The molecule has 0 heterocycles. The summed E-state index contributed by atoms with van der Waals surface area (Å²) >= 11 is 0. The van der Waals surface area contributed by atoms with Crippen molar-refractivity contribution in [2.45, 2.75) is 50.6 Å². The summed E-state index contributed by atoms with van der Waals surface area (Å²) in [4.78, 5) is 58.0. The van der Waals surface area contributed by atoms with Crippen LogP contribution >= 0.6 is 0 Å². The van der Waals surface area contributed by atoms with E-state index < -0.39 is 48.4 Å². The van der Waals surface area contributed by atoms with Gasteiger partial charge in [0, 0.05) is 12.8 Å². The fraction of sp³-hybridized carbons (Fsp3) is 0.346. The number of hydrogen-bond donors (Lipinski definition) is 5.